The van der Waals surface area contributed by atoms with Crippen molar-refractivity contribution in [3.8, 4) is 5.75 Å². The van der Waals surface area contributed by atoms with Crippen LogP contribution in [0, 0.1) is 0 Å². The van der Waals surface area contributed by atoms with Gasteiger partial charge in [0, 0.05) is 16.3 Å². The van der Waals surface area contributed by atoms with E-state index in [1.807, 2.05) is 36.4 Å². The van der Waals surface area contributed by atoms with Crippen molar-refractivity contribution in [2.75, 3.05) is 10.5 Å². The molecule has 0 bridgehead atoms. The zero-order valence-corrected chi connectivity index (χ0v) is 9.37. The summed E-state index contributed by atoms with van der Waals surface area (Å²) in [7, 11) is 0. The molecule has 3 nitrogen and oxygen atoms in total. The van der Waals surface area contributed by atoms with Crippen LogP contribution in [0.2, 0.25) is 0 Å². The number of rotatable bonds is 3. The number of phenolic OH excluding ortho intramolecular Hbond substituents is 1. The van der Waals surface area contributed by atoms with Crippen LogP contribution in [0.1, 0.15) is 0 Å². The first-order valence-electron chi connectivity index (χ1n) is 4.81. The summed E-state index contributed by atoms with van der Waals surface area (Å²) < 4.78 is 3.17. The Morgan fingerprint density at radius 2 is 1.56 bits per heavy atom. The Kier molecular flexibility index (Phi) is 3.22. The molecule has 0 aromatic heterocycles. The molecule has 4 heteroatoms. The summed E-state index contributed by atoms with van der Waals surface area (Å²) in [4.78, 5) is 1.09. The zero-order valence-electron chi connectivity index (χ0n) is 8.55. The smallest absolute Gasteiger partial charge is 0.115 e. The fraction of sp³-hybridized carbons (Fsp3) is 0. The van der Waals surface area contributed by atoms with Crippen LogP contribution in [0.5, 0.6) is 5.75 Å². The van der Waals surface area contributed by atoms with Gasteiger partial charge in [-0.1, -0.05) is 0 Å². The molecule has 0 atom stereocenters. The average molecular weight is 232 g/mol. The van der Waals surface area contributed by atoms with Gasteiger partial charge in [0.05, 0.1) is 0 Å². The molecule has 0 fully saturated rings. The quantitative estimate of drug-likeness (QED) is 0.432. The second-order valence-corrected chi connectivity index (χ2v) is 4.20. The van der Waals surface area contributed by atoms with E-state index in [1.54, 1.807) is 12.1 Å². The first-order chi connectivity index (χ1) is 7.74. The second kappa shape index (κ2) is 4.81. The van der Waals surface area contributed by atoms with Crippen LogP contribution in [0.4, 0.5) is 11.4 Å². The number of anilines is 2. The van der Waals surface area contributed by atoms with E-state index in [-0.39, 0.29) is 5.75 Å². The van der Waals surface area contributed by atoms with Crippen molar-refractivity contribution < 1.29 is 5.11 Å². The van der Waals surface area contributed by atoms with Gasteiger partial charge >= 0.3 is 0 Å². The van der Waals surface area contributed by atoms with E-state index in [2.05, 4.69) is 4.72 Å². The third kappa shape index (κ3) is 2.84. The van der Waals surface area contributed by atoms with Crippen molar-refractivity contribution in [2.45, 2.75) is 4.90 Å². The molecule has 4 N–H and O–H groups in total. The second-order valence-electron chi connectivity index (χ2n) is 3.32. The number of aromatic hydroxyl groups is 1. The Bertz CT molecular complexity index is 408. The summed E-state index contributed by atoms with van der Waals surface area (Å²) >= 11 is 1.50. The van der Waals surface area contributed by atoms with E-state index in [1.165, 1.54) is 11.9 Å². The van der Waals surface area contributed by atoms with Crippen molar-refractivity contribution in [2.24, 2.45) is 0 Å². The fourth-order valence-corrected chi connectivity index (χ4v) is 1.83. The molecule has 0 aliphatic heterocycles. The summed E-state index contributed by atoms with van der Waals surface area (Å²) in [5, 5.41) is 9.12. The molecule has 0 heterocycles. The zero-order chi connectivity index (χ0) is 11.4. The molecule has 0 spiro atoms. The fourth-order valence-electron chi connectivity index (χ4n) is 1.18. The standard InChI is InChI=1S/C12H12N2OS/c13-9-1-7-12(8-2-9)16-14-10-3-5-11(15)6-4-10/h1-8,14-15H,13H2. The molecule has 0 unspecified atom stereocenters. The molecule has 2 aromatic rings. The molecular weight excluding hydrogens is 220 g/mol. The van der Waals surface area contributed by atoms with Crippen LogP contribution >= 0.6 is 11.9 Å². The van der Waals surface area contributed by atoms with Crippen molar-refractivity contribution in [1.82, 2.24) is 0 Å². The maximum absolute atomic E-state index is 9.12. The SMILES string of the molecule is Nc1ccc(SNc2ccc(O)cc2)cc1. The predicted octanol–water partition coefficient (Wildman–Crippen LogP) is 3.09. The highest BCUT2D eigenvalue weighted by Crippen LogP contribution is 2.23. The Hall–Kier alpha value is -1.81. The molecule has 0 saturated carbocycles. The van der Waals surface area contributed by atoms with Gasteiger partial charge < -0.3 is 15.6 Å². The van der Waals surface area contributed by atoms with Crippen LogP contribution < -0.4 is 10.5 Å². The summed E-state index contributed by atoms with van der Waals surface area (Å²) in [6.45, 7) is 0. The highest BCUT2D eigenvalue weighted by molar-refractivity contribution is 8.00. The lowest BCUT2D eigenvalue weighted by molar-refractivity contribution is 0.475. The van der Waals surface area contributed by atoms with Gasteiger partial charge in [0.2, 0.25) is 0 Å². The normalized spacial score (nSPS) is 10.0. The third-order valence-electron chi connectivity index (χ3n) is 2.03. The molecule has 2 rings (SSSR count). The van der Waals surface area contributed by atoms with Gasteiger partial charge in [-0.15, -0.1) is 0 Å². The first-order valence-corrected chi connectivity index (χ1v) is 5.63. The van der Waals surface area contributed by atoms with Crippen LogP contribution in [-0.2, 0) is 0 Å². The Labute approximate surface area is 98.4 Å². The van der Waals surface area contributed by atoms with Crippen molar-refractivity contribution >= 4 is 23.3 Å². The molecule has 82 valence electrons. The first kappa shape index (κ1) is 10.7. The molecule has 0 aliphatic rings. The van der Waals surface area contributed by atoms with Gasteiger partial charge in [-0.05, 0) is 60.5 Å². The monoisotopic (exact) mass is 232 g/mol. The van der Waals surface area contributed by atoms with E-state index in [9.17, 15) is 0 Å². The van der Waals surface area contributed by atoms with Gasteiger partial charge in [0.25, 0.3) is 0 Å². The summed E-state index contributed by atoms with van der Waals surface area (Å²) in [5.74, 6) is 0.267. The minimum atomic E-state index is 0.267. The Balaban J connectivity index is 1.97. The maximum atomic E-state index is 9.12. The number of nitrogen functional groups attached to an aromatic ring is 1. The van der Waals surface area contributed by atoms with Crippen LogP contribution in [0.15, 0.2) is 53.4 Å². The third-order valence-corrected chi connectivity index (χ3v) is 2.88. The van der Waals surface area contributed by atoms with E-state index >= 15 is 0 Å². The Morgan fingerprint density at radius 1 is 0.938 bits per heavy atom. The van der Waals surface area contributed by atoms with E-state index < -0.39 is 0 Å². The Morgan fingerprint density at radius 3 is 2.19 bits per heavy atom. The lowest BCUT2D eigenvalue weighted by Gasteiger charge is -2.05. The number of nitrogens with two attached hydrogens (primary N) is 1. The summed E-state index contributed by atoms with van der Waals surface area (Å²) in [6.07, 6.45) is 0. The molecule has 2 aromatic carbocycles. The van der Waals surface area contributed by atoms with Gasteiger partial charge in [-0.2, -0.15) is 0 Å². The number of hydrogen-bond acceptors (Lipinski definition) is 4. The maximum Gasteiger partial charge on any atom is 0.115 e. The minimum Gasteiger partial charge on any atom is -0.508 e. The van der Waals surface area contributed by atoms with Gasteiger partial charge in [0.15, 0.2) is 0 Å². The van der Waals surface area contributed by atoms with Crippen molar-refractivity contribution in [3.05, 3.63) is 48.5 Å². The average Bonchev–Trinajstić information content (AvgIpc) is 2.30. The molecule has 0 radical (unpaired) electrons. The molecule has 16 heavy (non-hydrogen) atoms. The number of nitrogens with one attached hydrogen (secondary N) is 1. The van der Waals surface area contributed by atoms with Crippen LogP contribution in [-0.4, -0.2) is 5.11 Å². The molecule has 0 amide bonds. The van der Waals surface area contributed by atoms with E-state index in [0.717, 1.165) is 16.3 Å². The molecule has 0 saturated heterocycles. The van der Waals surface area contributed by atoms with Crippen molar-refractivity contribution in [3.63, 3.8) is 0 Å². The van der Waals surface area contributed by atoms with Crippen LogP contribution in [0.25, 0.3) is 0 Å². The lowest BCUT2D eigenvalue weighted by atomic mass is 10.3. The van der Waals surface area contributed by atoms with Gasteiger partial charge in [0.1, 0.15) is 5.75 Å². The number of hydrogen-bond donors (Lipinski definition) is 3. The summed E-state index contributed by atoms with van der Waals surface area (Å²) in [5.41, 5.74) is 7.30. The van der Waals surface area contributed by atoms with Crippen LogP contribution in [0.3, 0.4) is 0 Å². The van der Waals surface area contributed by atoms with Gasteiger partial charge in [-0.3, -0.25) is 0 Å². The predicted molar refractivity (Wildman–Crippen MR) is 68.4 cm³/mol. The summed E-state index contributed by atoms with van der Waals surface area (Å²) in [6, 6.07) is 14.6. The minimum absolute atomic E-state index is 0.267. The number of phenols is 1. The largest absolute Gasteiger partial charge is 0.508 e. The topological polar surface area (TPSA) is 58.3 Å². The van der Waals surface area contributed by atoms with Crippen molar-refractivity contribution in [1.29, 1.82) is 0 Å². The number of benzene rings is 2. The highest BCUT2D eigenvalue weighted by atomic mass is 32.2. The van der Waals surface area contributed by atoms with E-state index in [4.69, 9.17) is 10.8 Å². The van der Waals surface area contributed by atoms with Gasteiger partial charge in [-0.25, -0.2) is 0 Å². The lowest BCUT2D eigenvalue weighted by Crippen LogP contribution is -1.87. The van der Waals surface area contributed by atoms with E-state index in [0.29, 0.717) is 0 Å². The molecule has 0 aliphatic carbocycles. The highest BCUT2D eigenvalue weighted by Gasteiger charge is 1.95. The molecular formula is C12H12N2OS.